The van der Waals surface area contributed by atoms with Gasteiger partial charge < -0.3 is 15.4 Å². The number of fused-ring (bicyclic) bond motifs is 1. The Kier molecular flexibility index (Phi) is 6.15. The van der Waals surface area contributed by atoms with Crippen molar-refractivity contribution in [2.45, 2.75) is 38.6 Å². The average Bonchev–Trinajstić information content (AvgIpc) is 3.28. The van der Waals surface area contributed by atoms with Gasteiger partial charge in [0.25, 0.3) is 0 Å². The second-order valence-corrected chi connectivity index (χ2v) is 8.93. The molecule has 0 unspecified atom stereocenters. The number of hydrogen-bond donors (Lipinski definition) is 2. The number of hydrogen-bond acceptors (Lipinski definition) is 6. The number of anilines is 2. The second kappa shape index (κ2) is 9.38. The largest absolute Gasteiger partial charge is 0.496 e. The number of rotatable bonds is 6. The Morgan fingerprint density at radius 2 is 1.91 bits per heavy atom. The molecule has 0 amide bonds. The Balaban J connectivity index is 1.55. The molecule has 0 atom stereocenters. The minimum atomic E-state index is -0.345. The lowest BCUT2D eigenvalue weighted by Crippen LogP contribution is -2.26. The van der Waals surface area contributed by atoms with E-state index in [9.17, 15) is 4.39 Å². The normalized spacial score (nSPS) is 14.6. The van der Waals surface area contributed by atoms with E-state index >= 15 is 0 Å². The SMILES string of the molecule is COc1ccccc1-c1cc(F)cc2cnc(Nc3cc(C4CCNCC4)nn3C(C)C)nc12. The monoisotopic (exact) mass is 460 g/mol. The summed E-state index contributed by atoms with van der Waals surface area (Å²) in [6, 6.07) is 12.8. The van der Waals surface area contributed by atoms with Crippen molar-refractivity contribution in [3.63, 3.8) is 0 Å². The van der Waals surface area contributed by atoms with Crippen LogP contribution in [-0.4, -0.2) is 39.9 Å². The molecule has 0 bridgehead atoms. The van der Waals surface area contributed by atoms with Crippen molar-refractivity contribution in [3.05, 3.63) is 60.2 Å². The van der Waals surface area contributed by atoms with Gasteiger partial charge in [0.1, 0.15) is 17.4 Å². The molecule has 1 aliphatic rings. The molecule has 0 aliphatic carbocycles. The van der Waals surface area contributed by atoms with Gasteiger partial charge in [0.15, 0.2) is 0 Å². The molecule has 8 heteroatoms. The summed E-state index contributed by atoms with van der Waals surface area (Å²) in [5, 5.41) is 12.3. The molecule has 2 aromatic carbocycles. The van der Waals surface area contributed by atoms with E-state index in [4.69, 9.17) is 14.8 Å². The Hall–Kier alpha value is -3.52. The first-order chi connectivity index (χ1) is 16.5. The lowest BCUT2D eigenvalue weighted by atomic mass is 9.95. The van der Waals surface area contributed by atoms with Crippen LogP contribution in [0.1, 0.15) is 44.3 Å². The Bertz CT molecular complexity index is 1310. The third-order valence-electron chi connectivity index (χ3n) is 6.29. The average molecular weight is 461 g/mol. The van der Waals surface area contributed by atoms with Gasteiger partial charge in [0.2, 0.25) is 5.95 Å². The quantitative estimate of drug-likeness (QED) is 0.399. The van der Waals surface area contributed by atoms with Crippen LogP contribution in [0.15, 0.2) is 48.7 Å². The number of halogens is 1. The molecule has 2 N–H and O–H groups in total. The van der Waals surface area contributed by atoms with Crippen molar-refractivity contribution in [2.75, 3.05) is 25.5 Å². The molecule has 2 aromatic heterocycles. The summed E-state index contributed by atoms with van der Waals surface area (Å²) in [6.07, 6.45) is 3.81. The molecular formula is C26H29FN6O. The van der Waals surface area contributed by atoms with Crippen LogP contribution in [0.25, 0.3) is 22.0 Å². The fourth-order valence-electron chi connectivity index (χ4n) is 4.57. The number of benzene rings is 2. The smallest absolute Gasteiger partial charge is 0.228 e. The van der Waals surface area contributed by atoms with E-state index in [0.29, 0.717) is 34.1 Å². The van der Waals surface area contributed by atoms with Crippen molar-refractivity contribution in [2.24, 2.45) is 0 Å². The summed E-state index contributed by atoms with van der Waals surface area (Å²) in [5.41, 5.74) is 3.18. The van der Waals surface area contributed by atoms with Gasteiger partial charge in [0, 0.05) is 40.7 Å². The zero-order valence-electron chi connectivity index (χ0n) is 19.7. The number of nitrogens with zero attached hydrogens (tertiary/aromatic N) is 4. The first kappa shape index (κ1) is 22.3. The molecule has 0 saturated carbocycles. The van der Waals surface area contributed by atoms with Crippen molar-refractivity contribution in [3.8, 4) is 16.9 Å². The number of nitrogens with one attached hydrogen (secondary N) is 2. The van der Waals surface area contributed by atoms with Gasteiger partial charge in [0.05, 0.1) is 18.3 Å². The van der Waals surface area contributed by atoms with Gasteiger partial charge in [-0.05, 0) is 58.0 Å². The number of para-hydroxylation sites is 1. The standard InChI is InChI=1S/C26H29FN6O/c1-16(2)33-24(14-22(32-33)17-8-10-28-11-9-17)30-26-29-15-18-12-19(27)13-21(25(18)31-26)20-6-4-5-7-23(20)34-3/h4-7,12-17,28H,8-11H2,1-3H3,(H,29,30,31). The fourth-order valence-corrected chi connectivity index (χ4v) is 4.57. The van der Waals surface area contributed by atoms with Crippen LogP contribution < -0.4 is 15.4 Å². The maximum atomic E-state index is 14.5. The topological polar surface area (TPSA) is 76.9 Å². The highest BCUT2D eigenvalue weighted by Gasteiger charge is 2.21. The first-order valence-electron chi connectivity index (χ1n) is 11.7. The summed E-state index contributed by atoms with van der Waals surface area (Å²) in [5.74, 6) is 2.05. The van der Waals surface area contributed by atoms with Gasteiger partial charge in [-0.1, -0.05) is 18.2 Å². The summed E-state index contributed by atoms with van der Waals surface area (Å²) in [6.45, 7) is 6.23. The number of aromatic nitrogens is 4. The van der Waals surface area contributed by atoms with Crippen LogP contribution in [0, 0.1) is 5.82 Å². The molecule has 1 fully saturated rings. The molecule has 0 spiro atoms. The molecule has 3 heterocycles. The minimum absolute atomic E-state index is 0.177. The molecular weight excluding hydrogens is 431 g/mol. The van der Waals surface area contributed by atoms with Gasteiger partial charge in [-0.3, -0.25) is 0 Å². The molecule has 0 radical (unpaired) electrons. The molecule has 7 nitrogen and oxygen atoms in total. The zero-order chi connectivity index (χ0) is 23.7. The number of ether oxygens (including phenoxy) is 1. The van der Waals surface area contributed by atoms with Crippen LogP contribution in [-0.2, 0) is 0 Å². The molecule has 5 rings (SSSR count). The summed E-state index contributed by atoms with van der Waals surface area (Å²) in [4.78, 5) is 9.26. The highest BCUT2D eigenvalue weighted by atomic mass is 19.1. The highest BCUT2D eigenvalue weighted by molar-refractivity contribution is 5.95. The minimum Gasteiger partial charge on any atom is -0.496 e. The maximum absolute atomic E-state index is 14.5. The molecule has 176 valence electrons. The van der Waals surface area contributed by atoms with Crippen LogP contribution in [0.4, 0.5) is 16.2 Å². The first-order valence-corrected chi connectivity index (χ1v) is 11.7. The van der Waals surface area contributed by atoms with E-state index in [0.717, 1.165) is 43.0 Å². The Labute approximate surface area is 198 Å². The fraction of sp³-hybridized carbons (Fsp3) is 0.346. The van der Waals surface area contributed by atoms with Gasteiger partial charge in [-0.15, -0.1) is 0 Å². The predicted octanol–water partition coefficient (Wildman–Crippen LogP) is 5.43. The van der Waals surface area contributed by atoms with Gasteiger partial charge >= 0.3 is 0 Å². The highest BCUT2D eigenvalue weighted by Crippen LogP contribution is 2.35. The Morgan fingerprint density at radius 3 is 2.68 bits per heavy atom. The summed E-state index contributed by atoms with van der Waals surface area (Å²) >= 11 is 0. The van der Waals surface area contributed by atoms with Crippen molar-refractivity contribution in [1.82, 2.24) is 25.1 Å². The van der Waals surface area contributed by atoms with Gasteiger partial charge in [-0.2, -0.15) is 5.10 Å². The summed E-state index contributed by atoms with van der Waals surface area (Å²) < 4.78 is 22.0. The van der Waals surface area contributed by atoms with Crippen molar-refractivity contribution >= 4 is 22.7 Å². The van der Waals surface area contributed by atoms with Crippen LogP contribution in [0.3, 0.4) is 0 Å². The van der Waals surface area contributed by atoms with E-state index in [1.165, 1.54) is 12.1 Å². The zero-order valence-corrected chi connectivity index (χ0v) is 19.7. The van der Waals surface area contributed by atoms with Crippen molar-refractivity contribution < 1.29 is 9.13 Å². The third-order valence-corrected chi connectivity index (χ3v) is 6.29. The van der Waals surface area contributed by atoms with Crippen LogP contribution >= 0.6 is 0 Å². The van der Waals surface area contributed by atoms with E-state index in [1.54, 1.807) is 13.3 Å². The second-order valence-electron chi connectivity index (χ2n) is 8.93. The van der Waals surface area contributed by atoms with E-state index < -0.39 is 0 Å². The van der Waals surface area contributed by atoms with Gasteiger partial charge in [-0.25, -0.2) is 19.0 Å². The third kappa shape index (κ3) is 4.33. The van der Waals surface area contributed by atoms with E-state index in [1.807, 2.05) is 28.9 Å². The Morgan fingerprint density at radius 1 is 1.12 bits per heavy atom. The lowest BCUT2D eigenvalue weighted by Gasteiger charge is -2.20. The lowest BCUT2D eigenvalue weighted by molar-refractivity contribution is 0.416. The van der Waals surface area contributed by atoms with Crippen LogP contribution in [0.2, 0.25) is 0 Å². The van der Waals surface area contributed by atoms with Crippen molar-refractivity contribution in [1.29, 1.82) is 0 Å². The number of methoxy groups -OCH3 is 1. The number of piperidine rings is 1. The summed E-state index contributed by atoms with van der Waals surface area (Å²) in [7, 11) is 1.61. The predicted molar refractivity (Wildman–Crippen MR) is 132 cm³/mol. The molecule has 1 saturated heterocycles. The van der Waals surface area contributed by atoms with E-state index in [2.05, 4.69) is 35.5 Å². The van der Waals surface area contributed by atoms with Crippen LogP contribution in [0.5, 0.6) is 5.75 Å². The molecule has 34 heavy (non-hydrogen) atoms. The molecule has 4 aromatic rings. The molecule has 1 aliphatic heterocycles. The maximum Gasteiger partial charge on any atom is 0.228 e. The van der Waals surface area contributed by atoms with E-state index in [-0.39, 0.29) is 11.9 Å².